The Morgan fingerprint density at radius 3 is 2.42 bits per heavy atom. The van der Waals surface area contributed by atoms with Gasteiger partial charge in [0.2, 0.25) is 5.91 Å². The summed E-state index contributed by atoms with van der Waals surface area (Å²) in [6.45, 7) is 1.84. The molecule has 3 amide bonds. The van der Waals surface area contributed by atoms with Crippen molar-refractivity contribution in [3.8, 4) is 0 Å². The van der Waals surface area contributed by atoms with Gasteiger partial charge in [0.25, 0.3) is 0 Å². The molecule has 202 valence electrons. The van der Waals surface area contributed by atoms with Gasteiger partial charge in [-0.25, -0.2) is 18.4 Å². The number of nitrogens with zero attached hydrogens (tertiary/aromatic N) is 1. The van der Waals surface area contributed by atoms with Gasteiger partial charge < -0.3 is 20.7 Å². The SMILES string of the molecule is COC(=O)C1=C(C)NC(=O)NC1N(C(=O)CCNC1CCC(c2ccccc2)CC1)c1ccc(F)c(F)c1. The molecule has 8 nitrogen and oxygen atoms in total. The zero-order chi connectivity index (χ0) is 27.2. The topological polar surface area (TPSA) is 99.8 Å². The Hall–Kier alpha value is -3.79. The molecule has 1 unspecified atom stereocenters. The van der Waals surface area contributed by atoms with Crippen molar-refractivity contribution in [2.24, 2.45) is 0 Å². The molecule has 3 N–H and O–H groups in total. The van der Waals surface area contributed by atoms with E-state index < -0.39 is 35.7 Å². The third-order valence-corrected chi connectivity index (χ3v) is 7.13. The molecule has 0 spiro atoms. The average Bonchev–Trinajstić information content (AvgIpc) is 2.91. The van der Waals surface area contributed by atoms with Gasteiger partial charge in [-0.15, -0.1) is 0 Å². The minimum absolute atomic E-state index is 0.00123. The lowest BCUT2D eigenvalue weighted by Gasteiger charge is -2.36. The quantitative estimate of drug-likeness (QED) is 0.450. The number of amides is 3. The number of halogens is 2. The average molecular weight is 527 g/mol. The molecule has 0 saturated heterocycles. The number of hydrogen-bond acceptors (Lipinski definition) is 5. The lowest BCUT2D eigenvalue weighted by Crippen LogP contribution is -2.59. The third-order valence-electron chi connectivity index (χ3n) is 7.13. The van der Waals surface area contributed by atoms with E-state index in [0.29, 0.717) is 12.5 Å². The van der Waals surface area contributed by atoms with E-state index in [0.717, 1.165) is 42.7 Å². The van der Waals surface area contributed by atoms with Crippen molar-refractivity contribution in [3.63, 3.8) is 0 Å². The first-order valence-electron chi connectivity index (χ1n) is 12.7. The van der Waals surface area contributed by atoms with E-state index >= 15 is 0 Å². The van der Waals surface area contributed by atoms with Crippen LogP contribution in [0.4, 0.5) is 19.3 Å². The predicted octanol–water partition coefficient (Wildman–Crippen LogP) is 4.09. The smallest absolute Gasteiger partial charge is 0.339 e. The molecule has 38 heavy (non-hydrogen) atoms. The molecule has 2 aromatic carbocycles. The summed E-state index contributed by atoms with van der Waals surface area (Å²) in [5, 5.41) is 8.46. The van der Waals surface area contributed by atoms with Crippen LogP contribution in [-0.4, -0.2) is 43.8 Å². The summed E-state index contributed by atoms with van der Waals surface area (Å²) in [4.78, 5) is 39.5. The molecule has 2 aromatic rings. The zero-order valence-corrected chi connectivity index (χ0v) is 21.4. The fraction of sp³-hybridized carbons (Fsp3) is 0.393. The van der Waals surface area contributed by atoms with Crippen molar-refractivity contribution in [2.45, 2.75) is 57.2 Å². The van der Waals surface area contributed by atoms with Crippen LogP contribution in [0.1, 0.15) is 50.5 Å². The second kappa shape index (κ2) is 12.2. The number of rotatable bonds is 8. The molecule has 1 heterocycles. The summed E-state index contributed by atoms with van der Waals surface area (Å²) in [7, 11) is 1.18. The number of esters is 1. The van der Waals surface area contributed by atoms with E-state index in [1.807, 2.05) is 6.07 Å². The third kappa shape index (κ3) is 6.19. The first kappa shape index (κ1) is 27.3. The molecular weight excluding hydrogens is 494 g/mol. The van der Waals surface area contributed by atoms with Crippen LogP contribution in [0.15, 0.2) is 59.8 Å². The molecule has 1 saturated carbocycles. The van der Waals surface area contributed by atoms with Gasteiger partial charge in [0, 0.05) is 36.5 Å². The van der Waals surface area contributed by atoms with Crippen molar-refractivity contribution in [3.05, 3.63) is 77.0 Å². The number of carbonyl (C=O) groups excluding carboxylic acids is 3. The number of benzene rings is 2. The van der Waals surface area contributed by atoms with Crippen molar-refractivity contribution in [1.29, 1.82) is 0 Å². The number of carbonyl (C=O) groups is 3. The Morgan fingerprint density at radius 1 is 1.05 bits per heavy atom. The van der Waals surface area contributed by atoms with E-state index in [-0.39, 0.29) is 29.4 Å². The Labute approximate surface area is 220 Å². The van der Waals surface area contributed by atoms with Gasteiger partial charge in [-0.1, -0.05) is 30.3 Å². The highest BCUT2D eigenvalue weighted by Crippen LogP contribution is 2.33. The van der Waals surface area contributed by atoms with Crippen LogP contribution in [0.3, 0.4) is 0 Å². The summed E-state index contributed by atoms with van der Waals surface area (Å²) < 4.78 is 32.7. The summed E-state index contributed by atoms with van der Waals surface area (Å²) in [5.41, 5.74) is 1.52. The van der Waals surface area contributed by atoms with Gasteiger partial charge in [-0.2, -0.15) is 0 Å². The Morgan fingerprint density at radius 2 is 1.76 bits per heavy atom. The first-order chi connectivity index (χ1) is 18.3. The van der Waals surface area contributed by atoms with Crippen LogP contribution in [0, 0.1) is 11.6 Å². The van der Waals surface area contributed by atoms with Crippen LogP contribution < -0.4 is 20.9 Å². The highest BCUT2D eigenvalue weighted by Gasteiger charge is 2.38. The van der Waals surface area contributed by atoms with Crippen molar-refractivity contribution >= 4 is 23.6 Å². The standard InChI is InChI=1S/C28H32F2N4O4/c1-17-25(27(36)38-2)26(33-28(37)32-17)34(21-12-13-22(29)23(30)16-21)24(35)14-15-31-20-10-8-19(9-11-20)18-6-4-3-5-7-18/h3-7,12-13,16,19-20,26,31H,8-11,14-15H2,1-2H3,(H2,32,33,37). The van der Waals surface area contributed by atoms with Crippen molar-refractivity contribution < 1.29 is 27.9 Å². The second-order valence-electron chi connectivity index (χ2n) is 9.56. The van der Waals surface area contributed by atoms with E-state index in [1.165, 1.54) is 25.7 Å². The number of hydrogen-bond donors (Lipinski definition) is 3. The number of methoxy groups -OCH3 is 1. The number of anilines is 1. The molecular formula is C28H32F2N4O4. The Bertz CT molecular complexity index is 1210. The van der Waals surface area contributed by atoms with Gasteiger partial charge in [0.05, 0.1) is 12.7 Å². The molecule has 0 radical (unpaired) electrons. The fourth-order valence-electron chi connectivity index (χ4n) is 5.18. The maximum Gasteiger partial charge on any atom is 0.339 e. The Kier molecular flexibility index (Phi) is 8.73. The minimum atomic E-state index is -1.27. The predicted molar refractivity (Wildman–Crippen MR) is 138 cm³/mol. The zero-order valence-electron chi connectivity index (χ0n) is 21.4. The van der Waals surface area contributed by atoms with E-state index in [1.54, 1.807) is 0 Å². The van der Waals surface area contributed by atoms with Gasteiger partial charge in [0.15, 0.2) is 11.6 Å². The monoisotopic (exact) mass is 526 g/mol. The maximum atomic E-state index is 14.2. The molecule has 1 fully saturated rings. The molecule has 1 aliphatic heterocycles. The van der Waals surface area contributed by atoms with Crippen molar-refractivity contribution in [2.75, 3.05) is 18.6 Å². The van der Waals surface area contributed by atoms with Crippen LogP contribution in [0.25, 0.3) is 0 Å². The molecule has 2 aliphatic rings. The van der Waals surface area contributed by atoms with E-state index in [4.69, 9.17) is 4.74 Å². The van der Waals surface area contributed by atoms with Crippen molar-refractivity contribution in [1.82, 2.24) is 16.0 Å². The van der Waals surface area contributed by atoms with E-state index in [2.05, 4.69) is 40.2 Å². The first-order valence-corrected chi connectivity index (χ1v) is 12.7. The second-order valence-corrected chi connectivity index (χ2v) is 9.56. The van der Waals surface area contributed by atoms with E-state index in [9.17, 15) is 23.2 Å². The van der Waals surface area contributed by atoms with Gasteiger partial charge in [-0.05, 0) is 56.2 Å². The molecule has 0 bridgehead atoms. The largest absolute Gasteiger partial charge is 0.465 e. The summed E-state index contributed by atoms with van der Waals surface area (Å²) >= 11 is 0. The molecule has 4 rings (SSSR count). The minimum Gasteiger partial charge on any atom is -0.465 e. The normalized spacial score (nSPS) is 21.4. The summed E-state index contributed by atoms with van der Waals surface area (Å²) in [5.74, 6) is -2.97. The Balaban J connectivity index is 1.47. The molecule has 0 aromatic heterocycles. The highest BCUT2D eigenvalue weighted by atomic mass is 19.2. The number of nitrogens with one attached hydrogen (secondary N) is 3. The lowest BCUT2D eigenvalue weighted by molar-refractivity contribution is -0.136. The van der Waals surface area contributed by atoms with Crippen LogP contribution in [0.5, 0.6) is 0 Å². The summed E-state index contributed by atoms with van der Waals surface area (Å²) in [6.07, 6.45) is 2.77. The summed E-state index contributed by atoms with van der Waals surface area (Å²) in [6, 6.07) is 13.0. The lowest BCUT2D eigenvalue weighted by atomic mass is 9.82. The highest BCUT2D eigenvalue weighted by molar-refractivity contribution is 6.01. The molecule has 10 heteroatoms. The van der Waals surface area contributed by atoms with Gasteiger partial charge in [-0.3, -0.25) is 9.69 Å². The molecule has 1 aliphatic carbocycles. The van der Waals surface area contributed by atoms with Crippen LogP contribution in [0.2, 0.25) is 0 Å². The van der Waals surface area contributed by atoms with Crippen LogP contribution in [-0.2, 0) is 14.3 Å². The number of urea groups is 1. The maximum absolute atomic E-state index is 14.2. The number of ether oxygens (including phenoxy) is 1. The van der Waals surface area contributed by atoms with Crippen LogP contribution >= 0.6 is 0 Å². The number of allylic oxidation sites excluding steroid dienone is 1. The molecule has 1 atom stereocenters. The fourth-order valence-corrected chi connectivity index (χ4v) is 5.18. The van der Waals surface area contributed by atoms with Gasteiger partial charge in [0.1, 0.15) is 6.17 Å². The van der Waals surface area contributed by atoms with Gasteiger partial charge >= 0.3 is 12.0 Å².